The number of rotatable bonds is 4. The number of amides is 2. The molecule has 1 aromatic carbocycles. The number of hydrogen-bond acceptors (Lipinski definition) is 4. The number of ether oxygens (including phenoxy) is 1. The number of hydrogen-bond donors (Lipinski definition) is 2. The van der Waals surface area contributed by atoms with Crippen molar-refractivity contribution in [1.29, 1.82) is 0 Å². The maximum Gasteiger partial charge on any atom is 0.262 e. The van der Waals surface area contributed by atoms with E-state index >= 15 is 0 Å². The fourth-order valence-corrected chi connectivity index (χ4v) is 2.12. The van der Waals surface area contributed by atoms with E-state index in [-0.39, 0.29) is 18.4 Å². The zero-order valence-electron chi connectivity index (χ0n) is 11.2. The Labute approximate surface area is 121 Å². The van der Waals surface area contributed by atoms with Crippen molar-refractivity contribution in [3.05, 3.63) is 42.4 Å². The minimum absolute atomic E-state index is 0.0493. The largest absolute Gasteiger partial charge is 0.479 e. The number of anilines is 2. The molecule has 0 bridgehead atoms. The van der Waals surface area contributed by atoms with E-state index in [0.29, 0.717) is 30.0 Å². The first-order chi connectivity index (χ1) is 10.2. The topological polar surface area (TPSA) is 80.6 Å². The van der Waals surface area contributed by atoms with Gasteiger partial charge in [0.15, 0.2) is 12.4 Å². The second-order valence-electron chi connectivity index (χ2n) is 4.65. The van der Waals surface area contributed by atoms with Crippen LogP contribution in [0.1, 0.15) is 12.2 Å². The Hall–Kier alpha value is -2.76. The van der Waals surface area contributed by atoms with E-state index in [2.05, 4.69) is 10.6 Å². The Bertz CT molecular complexity index is 664. The van der Waals surface area contributed by atoms with Crippen LogP contribution in [-0.4, -0.2) is 18.4 Å². The highest BCUT2D eigenvalue weighted by atomic mass is 16.5. The lowest BCUT2D eigenvalue weighted by atomic mass is 10.2. The van der Waals surface area contributed by atoms with E-state index in [1.165, 1.54) is 0 Å². The molecule has 6 nitrogen and oxygen atoms in total. The molecule has 21 heavy (non-hydrogen) atoms. The monoisotopic (exact) mass is 286 g/mol. The summed E-state index contributed by atoms with van der Waals surface area (Å²) in [4.78, 5) is 23.2. The molecule has 108 valence electrons. The van der Waals surface area contributed by atoms with Crippen molar-refractivity contribution in [2.75, 3.05) is 17.2 Å². The van der Waals surface area contributed by atoms with E-state index in [0.717, 1.165) is 5.76 Å². The van der Waals surface area contributed by atoms with Gasteiger partial charge in [-0.25, -0.2) is 0 Å². The van der Waals surface area contributed by atoms with Crippen LogP contribution in [0.25, 0.3) is 0 Å². The van der Waals surface area contributed by atoms with Crippen LogP contribution in [0.3, 0.4) is 0 Å². The molecule has 2 N–H and O–H groups in total. The van der Waals surface area contributed by atoms with Gasteiger partial charge in [-0.1, -0.05) is 6.07 Å². The molecule has 0 atom stereocenters. The predicted octanol–water partition coefficient (Wildman–Crippen LogP) is 2.18. The quantitative estimate of drug-likeness (QED) is 0.902. The molecular formula is C15H14N2O4. The van der Waals surface area contributed by atoms with Crippen molar-refractivity contribution in [3.63, 3.8) is 0 Å². The minimum Gasteiger partial charge on any atom is -0.479 e. The van der Waals surface area contributed by atoms with Crippen molar-refractivity contribution in [2.45, 2.75) is 12.8 Å². The number of benzene rings is 1. The van der Waals surface area contributed by atoms with Crippen LogP contribution in [0.2, 0.25) is 0 Å². The van der Waals surface area contributed by atoms with Gasteiger partial charge in [-0.3, -0.25) is 9.59 Å². The normalized spacial score (nSPS) is 13.0. The van der Waals surface area contributed by atoms with Crippen molar-refractivity contribution < 1.29 is 18.7 Å². The zero-order valence-corrected chi connectivity index (χ0v) is 11.2. The number of para-hydroxylation sites is 1. The van der Waals surface area contributed by atoms with Gasteiger partial charge >= 0.3 is 0 Å². The summed E-state index contributed by atoms with van der Waals surface area (Å²) >= 11 is 0. The summed E-state index contributed by atoms with van der Waals surface area (Å²) in [7, 11) is 0. The van der Waals surface area contributed by atoms with Gasteiger partial charge in [0, 0.05) is 12.8 Å². The Kier molecular flexibility index (Phi) is 3.59. The Morgan fingerprint density at radius 2 is 2.19 bits per heavy atom. The molecule has 0 radical (unpaired) electrons. The highest BCUT2D eigenvalue weighted by molar-refractivity contribution is 5.99. The van der Waals surface area contributed by atoms with Crippen LogP contribution in [0, 0.1) is 0 Å². The van der Waals surface area contributed by atoms with E-state index in [1.807, 2.05) is 6.07 Å². The van der Waals surface area contributed by atoms with E-state index in [1.54, 1.807) is 30.5 Å². The average molecular weight is 286 g/mol. The minimum atomic E-state index is -0.205. The van der Waals surface area contributed by atoms with E-state index < -0.39 is 0 Å². The van der Waals surface area contributed by atoms with Gasteiger partial charge in [0.2, 0.25) is 5.91 Å². The molecule has 6 heteroatoms. The summed E-state index contributed by atoms with van der Waals surface area (Å²) in [5, 5.41) is 5.49. The van der Waals surface area contributed by atoms with Gasteiger partial charge in [-0.15, -0.1) is 0 Å². The number of fused-ring (bicyclic) bond motifs is 1. The second-order valence-corrected chi connectivity index (χ2v) is 4.65. The van der Waals surface area contributed by atoms with Crippen molar-refractivity contribution in [1.82, 2.24) is 0 Å². The number of nitrogens with one attached hydrogen (secondary N) is 2. The summed E-state index contributed by atoms with van der Waals surface area (Å²) in [6, 6.07) is 8.83. The first-order valence-electron chi connectivity index (χ1n) is 6.60. The van der Waals surface area contributed by atoms with Crippen molar-refractivity contribution >= 4 is 23.2 Å². The van der Waals surface area contributed by atoms with Gasteiger partial charge < -0.3 is 19.8 Å². The summed E-state index contributed by atoms with van der Waals surface area (Å²) in [6.45, 7) is -0.0493. The lowest BCUT2D eigenvalue weighted by Gasteiger charge is -2.20. The van der Waals surface area contributed by atoms with Gasteiger partial charge in [0.25, 0.3) is 5.91 Å². The van der Waals surface area contributed by atoms with Crippen LogP contribution in [0.5, 0.6) is 5.75 Å². The van der Waals surface area contributed by atoms with Crippen molar-refractivity contribution in [3.8, 4) is 5.75 Å². The summed E-state index contributed by atoms with van der Waals surface area (Å²) < 4.78 is 10.6. The lowest BCUT2D eigenvalue weighted by molar-refractivity contribution is -0.118. The van der Waals surface area contributed by atoms with Gasteiger partial charge in [0.1, 0.15) is 5.76 Å². The molecule has 3 rings (SSSR count). The molecular weight excluding hydrogens is 272 g/mol. The van der Waals surface area contributed by atoms with Crippen LogP contribution >= 0.6 is 0 Å². The summed E-state index contributed by atoms with van der Waals surface area (Å²) in [5.74, 6) is 0.913. The molecule has 0 fully saturated rings. The number of carbonyl (C=O) groups excluding carboxylic acids is 2. The second kappa shape index (κ2) is 5.70. The third kappa shape index (κ3) is 3.05. The SMILES string of the molecule is O=C(CCc1ccco1)Nc1cccc2c1OCC(=O)N2. The standard InChI is InChI=1S/C15H14N2O4/c18-13(7-6-10-3-2-8-20-10)16-11-4-1-5-12-15(11)21-9-14(19)17-12/h1-5,8H,6-7,9H2,(H,16,18)(H,17,19). The summed E-state index contributed by atoms with van der Waals surface area (Å²) in [5.41, 5.74) is 1.12. The van der Waals surface area contributed by atoms with Gasteiger partial charge in [0.05, 0.1) is 17.6 Å². The Balaban J connectivity index is 1.66. The molecule has 1 aliphatic heterocycles. The third-order valence-electron chi connectivity index (χ3n) is 3.09. The maximum absolute atomic E-state index is 12.0. The lowest BCUT2D eigenvalue weighted by Crippen LogP contribution is -2.26. The third-order valence-corrected chi connectivity index (χ3v) is 3.09. The molecule has 0 saturated heterocycles. The fraction of sp³-hybridized carbons (Fsp3) is 0.200. The molecule has 2 aromatic rings. The van der Waals surface area contributed by atoms with Gasteiger partial charge in [-0.2, -0.15) is 0 Å². The molecule has 1 aliphatic rings. The molecule has 0 unspecified atom stereocenters. The number of furan rings is 1. The first kappa shape index (κ1) is 13.2. The zero-order chi connectivity index (χ0) is 14.7. The van der Waals surface area contributed by atoms with Crippen LogP contribution in [-0.2, 0) is 16.0 Å². The molecule has 0 saturated carbocycles. The summed E-state index contributed by atoms with van der Waals surface area (Å²) in [6.07, 6.45) is 2.42. The van der Waals surface area contributed by atoms with Gasteiger partial charge in [-0.05, 0) is 24.3 Å². The van der Waals surface area contributed by atoms with E-state index in [4.69, 9.17) is 9.15 Å². The average Bonchev–Trinajstić information content (AvgIpc) is 2.98. The number of aryl methyl sites for hydroxylation is 1. The number of carbonyl (C=O) groups is 2. The van der Waals surface area contributed by atoms with E-state index in [9.17, 15) is 9.59 Å². The van der Waals surface area contributed by atoms with Crippen molar-refractivity contribution in [2.24, 2.45) is 0 Å². The molecule has 2 amide bonds. The maximum atomic E-state index is 12.0. The van der Waals surface area contributed by atoms with Crippen LogP contribution < -0.4 is 15.4 Å². The highest BCUT2D eigenvalue weighted by Gasteiger charge is 2.19. The van der Waals surface area contributed by atoms with Crippen LogP contribution in [0.4, 0.5) is 11.4 Å². The molecule has 0 spiro atoms. The van der Waals surface area contributed by atoms with Crippen LogP contribution in [0.15, 0.2) is 41.0 Å². The first-order valence-corrected chi connectivity index (χ1v) is 6.60. The molecule has 1 aromatic heterocycles. The Morgan fingerprint density at radius 3 is 3.00 bits per heavy atom. The fourth-order valence-electron chi connectivity index (χ4n) is 2.12. The molecule has 0 aliphatic carbocycles. The predicted molar refractivity (Wildman–Crippen MR) is 76.2 cm³/mol. The smallest absolute Gasteiger partial charge is 0.262 e. The highest BCUT2D eigenvalue weighted by Crippen LogP contribution is 2.35. The Morgan fingerprint density at radius 1 is 1.29 bits per heavy atom. The molecule has 2 heterocycles.